The lowest BCUT2D eigenvalue weighted by Crippen LogP contribution is -2.43. The van der Waals surface area contributed by atoms with Crippen molar-refractivity contribution in [1.29, 1.82) is 0 Å². The molecule has 0 N–H and O–H groups in total. The predicted octanol–water partition coefficient (Wildman–Crippen LogP) is 2.26. The molecule has 1 aliphatic rings. The third kappa shape index (κ3) is 1.94. The van der Waals surface area contributed by atoms with Gasteiger partial charge in [0, 0.05) is 25.1 Å². The molecule has 1 heterocycles. The molecule has 2 rings (SSSR count). The van der Waals surface area contributed by atoms with Crippen LogP contribution < -0.4 is 4.74 Å². The Bertz CT molecular complexity index is 281. The third-order valence-electron chi connectivity index (χ3n) is 1.98. The summed E-state index contributed by atoms with van der Waals surface area (Å²) >= 11 is 0. The normalized spacial score (nSPS) is 20.8. The molecule has 0 spiro atoms. The van der Waals surface area contributed by atoms with Crippen LogP contribution in [0.3, 0.4) is 0 Å². The van der Waals surface area contributed by atoms with Gasteiger partial charge in [-0.25, -0.2) is 13.8 Å². The lowest BCUT2D eigenvalue weighted by molar-refractivity contribution is -0.135. The first kappa shape index (κ1) is 8.41. The van der Waals surface area contributed by atoms with Crippen LogP contribution in [0.25, 0.3) is 0 Å². The summed E-state index contributed by atoms with van der Waals surface area (Å²) in [6.45, 7) is 0. The summed E-state index contributed by atoms with van der Waals surface area (Å²) in [6, 6.07) is 5.18. The fourth-order valence-corrected chi connectivity index (χ4v) is 1.28. The zero-order chi connectivity index (χ0) is 9.31. The number of nitrogens with zero attached hydrogens (tertiary/aromatic N) is 1. The Morgan fingerprint density at radius 3 is 2.69 bits per heavy atom. The smallest absolute Gasteiger partial charge is 0.255 e. The van der Waals surface area contributed by atoms with Gasteiger partial charge in [0.15, 0.2) is 0 Å². The van der Waals surface area contributed by atoms with E-state index in [-0.39, 0.29) is 18.9 Å². The minimum atomic E-state index is -2.53. The topological polar surface area (TPSA) is 22.1 Å². The average Bonchev–Trinajstić information content (AvgIpc) is 2.03. The number of hydrogen-bond donors (Lipinski definition) is 0. The zero-order valence-corrected chi connectivity index (χ0v) is 6.91. The molecule has 4 heteroatoms. The highest BCUT2D eigenvalue weighted by atomic mass is 19.3. The summed E-state index contributed by atoms with van der Waals surface area (Å²) in [5.41, 5.74) is 0. The van der Waals surface area contributed by atoms with Gasteiger partial charge in [0.05, 0.1) is 0 Å². The van der Waals surface area contributed by atoms with Gasteiger partial charge < -0.3 is 4.74 Å². The van der Waals surface area contributed by atoms with E-state index < -0.39 is 5.92 Å². The molecule has 1 aromatic rings. The molecule has 1 saturated carbocycles. The van der Waals surface area contributed by atoms with E-state index in [1.54, 1.807) is 24.4 Å². The first-order chi connectivity index (χ1) is 6.16. The molecule has 2 nitrogen and oxygen atoms in total. The summed E-state index contributed by atoms with van der Waals surface area (Å²) in [4.78, 5) is 3.88. The second-order valence-electron chi connectivity index (χ2n) is 3.17. The maximum atomic E-state index is 12.4. The molecule has 70 valence electrons. The molecule has 0 aromatic carbocycles. The second-order valence-corrected chi connectivity index (χ2v) is 3.17. The highest BCUT2D eigenvalue weighted by molar-refractivity contribution is 5.10. The standard InChI is InChI=1S/C9H9F2NO/c10-9(11)5-7(6-9)13-8-3-1-2-4-12-8/h1-4,7H,5-6H2. The minimum Gasteiger partial charge on any atom is -0.474 e. The van der Waals surface area contributed by atoms with Crippen LogP contribution >= 0.6 is 0 Å². The fraction of sp³-hybridized carbons (Fsp3) is 0.444. The van der Waals surface area contributed by atoms with Crippen LogP contribution in [-0.4, -0.2) is 17.0 Å². The van der Waals surface area contributed by atoms with Crippen LogP contribution in [-0.2, 0) is 0 Å². The highest BCUT2D eigenvalue weighted by Crippen LogP contribution is 2.39. The third-order valence-corrected chi connectivity index (χ3v) is 1.98. The lowest BCUT2D eigenvalue weighted by atomic mass is 9.91. The van der Waals surface area contributed by atoms with Gasteiger partial charge in [0.1, 0.15) is 6.10 Å². The van der Waals surface area contributed by atoms with Crippen LogP contribution in [0.2, 0.25) is 0 Å². The number of pyridine rings is 1. The van der Waals surface area contributed by atoms with Gasteiger partial charge in [-0.3, -0.25) is 0 Å². The van der Waals surface area contributed by atoms with Crippen LogP contribution in [0.5, 0.6) is 5.88 Å². The molecule has 0 radical (unpaired) electrons. The van der Waals surface area contributed by atoms with Crippen molar-refractivity contribution in [2.75, 3.05) is 0 Å². The van der Waals surface area contributed by atoms with Gasteiger partial charge in [-0.15, -0.1) is 0 Å². The fourth-order valence-electron chi connectivity index (χ4n) is 1.28. The largest absolute Gasteiger partial charge is 0.474 e. The van der Waals surface area contributed by atoms with E-state index in [1.165, 1.54) is 0 Å². The Morgan fingerprint density at radius 1 is 1.38 bits per heavy atom. The highest BCUT2D eigenvalue weighted by Gasteiger charge is 2.47. The van der Waals surface area contributed by atoms with Crippen LogP contribution in [0.1, 0.15) is 12.8 Å². The van der Waals surface area contributed by atoms with Gasteiger partial charge in [0.2, 0.25) is 5.88 Å². The maximum Gasteiger partial charge on any atom is 0.255 e. The Kier molecular flexibility index (Phi) is 1.90. The van der Waals surface area contributed by atoms with E-state index in [1.807, 2.05) is 0 Å². The summed E-state index contributed by atoms with van der Waals surface area (Å²) in [7, 11) is 0. The number of alkyl halides is 2. The SMILES string of the molecule is FC1(F)CC(Oc2ccccn2)C1. The maximum absolute atomic E-state index is 12.4. The van der Waals surface area contributed by atoms with Crippen molar-refractivity contribution < 1.29 is 13.5 Å². The molecule has 0 atom stereocenters. The zero-order valence-electron chi connectivity index (χ0n) is 6.91. The van der Waals surface area contributed by atoms with Crippen molar-refractivity contribution in [3.05, 3.63) is 24.4 Å². The molecule has 0 bridgehead atoms. The predicted molar refractivity (Wildman–Crippen MR) is 42.8 cm³/mol. The number of ether oxygens (including phenoxy) is 1. The lowest BCUT2D eigenvalue weighted by Gasteiger charge is -2.34. The molecular formula is C9H9F2NO. The van der Waals surface area contributed by atoms with Crippen molar-refractivity contribution in [2.45, 2.75) is 24.9 Å². The molecule has 1 fully saturated rings. The van der Waals surface area contributed by atoms with Crippen molar-refractivity contribution in [1.82, 2.24) is 4.98 Å². The van der Waals surface area contributed by atoms with E-state index in [4.69, 9.17) is 4.74 Å². The van der Waals surface area contributed by atoms with Crippen molar-refractivity contribution in [2.24, 2.45) is 0 Å². The van der Waals surface area contributed by atoms with Gasteiger partial charge in [-0.2, -0.15) is 0 Å². The summed E-state index contributed by atoms with van der Waals surface area (Å²) in [5, 5.41) is 0. The van der Waals surface area contributed by atoms with E-state index in [0.29, 0.717) is 5.88 Å². The van der Waals surface area contributed by atoms with Crippen molar-refractivity contribution in [3.63, 3.8) is 0 Å². The summed E-state index contributed by atoms with van der Waals surface area (Å²) in [5.74, 6) is -2.11. The Balaban J connectivity index is 1.88. The molecule has 0 amide bonds. The molecule has 0 saturated heterocycles. The van der Waals surface area contributed by atoms with Crippen LogP contribution in [0.4, 0.5) is 8.78 Å². The Morgan fingerprint density at radius 2 is 2.15 bits per heavy atom. The van der Waals surface area contributed by atoms with Gasteiger partial charge >= 0.3 is 0 Å². The van der Waals surface area contributed by atoms with Crippen molar-refractivity contribution >= 4 is 0 Å². The molecule has 13 heavy (non-hydrogen) atoms. The number of rotatable bonds is 2. The van der Waals surface area contributed by atoms with Gasteiger partial charge in [-0.05, 0) is 6.07 Å². The molecule has 0 unspecified atom stereocenters. The monoisotopic (exact) mass is 185 g/mol. The van der Waals surface area contributed by atoms with Crippen LogP contribution in [0.15, 0.2) is 24.4 Å². The number of halogens is 2. The first-order valence-electron chi connectivity index (χ1n) is 4.11. The summed E-state index contributed by atoms with van der Waals surface area (Å²) < 4.78 is 30.0. The molecule has 1 aliphatic carbocycles. The minimum absolute atomic E-state index is 0.191. The van der Waals surface area contributed by atoms with Crippen molar-refractivity contribution in [3.8, 4) is 5.88 Å². The van der Waals surface area contributed by atoms with E-state index in [0.717, 1.165) is 0 Å². The Labute approximate surface area is 74.5 Å². The van der Waals surface area contributed by atoms with E-state index in [9.17, 15) is 8.78 Å². The van der Waals surface area contributed by atoms with Gasteiger partial charge in [0.25, 0.3) is 5.92 Å². The quantitative estimate of drug-likeness (QED) is 0.705. The Hall–Kier alpha value is -1.19. The second kappa shape index (κ2) is 2.94. The average molecular weight is 185 g/mol. The number of hydrogen-bond acceptors (Lipinski definition) is 2. The molecule has 1 aromatic heterocycles. The first-order valence-corrected chi connectivity index (χ1v) is 4.11. The molecule has 0 aliphatic heterocycles. The van der Waals surface area contributed by atoms with Gasteiger partial charge in [-0.1, -0.05) is 6.07 Å². The molecular weight excluding hydrogens is 176 g/mol. The number of aromatic nitrogens is 1. The van der Waals surface area contributed by atoms with Crippen LogP contribution in [0, 0.1) is 0 Å². The summed E-state index contributed by atoms with van der Waals surface area (Å²) in [6.07, 6.45) is 0.823. The van der Waals surface area contributed by atoms with E-state index >= 15 is 0 Å². The van der Waals surface area contributed by atoms with E-state index in [2.05, 4.69) is 4.98 Å².